The fourth-order valence-corrected chi connectivity index (χ4v) is 3.88. The third-order valence-corrected chi connectivity index (χ3v) is 5.29. The number of benzene rings is 2. The van der Waals surface area contributed by atoms with Gasteiger partial charge in [-0.05, 0) is 47.9 Å². The van der Waals surface area contributed by atoms with E-state index in [0.717, 1.165) is 22.3 Å². The van der Waals surface area contributed by atoms with Gasteiger partial charge in [0.05, 0.1) is 18.1 Å². The van der Waals surface area contributed by atoms with Gasteiger partial charge in [0, 0.05) is 5.92 Å². The molecule has 134 valence electrons. The molecule has 4 heteroatoms. The minimum absolute atomic E-state index is 0.0628. The van der Waals surface area contributed by atoms with Crippen molar-refractivity contribution in [3.63, 3.8) is 0 Å². The molecule has 0 saturated heterocycles. The van der Waals surface area contributed by atoms with Crippen LogP contribution >= 0.6 is 0 Å². The molecule has 27 heavy (non-hydrogen) atoms. The van der Waals surface area contributed by atoms with Gasteiger partial charge >= 0.3 is 5.63 Å². The molecular formula is C23H18O4. The van der Waals surface area contributed by atoms with E-state index >= 15 is 0 Å². The van der Waals surface area contributed by atoms with E-state index in [2.05, 4.69) is 18.2 Å². The molecular weight excluding hydrogens is 340 g/mol. The van der Waals surface area contributed by atoms with Gasteiger partial charge in [0.25, 0.3) is 0 Å². The van der Waals surface area contributed by atoms with E-state index in [1.807, 2.05) is 42.5 Å². The van der Waals surface area contributed by atoms with E-state index in [1.165, 1.54) is 0 Å². The van der Waals surface area contributed by atoms with Crippen molar-refractivity contribution in [3.05, 3.63) is 87.8 Å². The molecule has 0 spiro atoms. The van der Waals surface area contributed by atoms with Crippen LogP contribution in [0.4, 0.5) is 0 Å². The molecule has 0 N–H and O–H groups in total. The van der Waals surface area contributed by atoms with Crippen LogP contribution in [0, 0.1) is 5.92 Å². The molecule has 2 atom stereocenters. The van der Waals surface area contributed by atoms with Crippen LogP contribution < -0.4 is 15.1 Å². The average molecular weight is 358 g/mol. The summed E-state index contributed by atoms with van der Waals surface area (Å²) in [4.78, 5) is 12.5. The Morgan fingerprint density at radius 3 is 2.74 bits per heavy atom. The smallest absolute Gasteiger partial charge is 0.343 e. The number of methoxy groups -OCH3 is 1. The van der Waals surface area contributed by atoms with Gasteiger partial charge in [0.2, 0.25) is 0 Å². The second-order valence-electron chi connectivity index (χ2n) is 6.86. The van der Waals surface area contributed by atoms with Crippen LogP contribution in [-0.4, -0.2) is 13.2 Å². The van der Waals surface area contributed by atoms with E-state index in [1.54, 1.807) is 13.2 Å². The molecule has 0 fully saturated rings. The van der Waals surface area contributed by atoms with Crippen molar-refractivity contribution in [3.8, 4) is 11.5 Å². The molecule has 1 aliphatic carbocycles. The Morgan fingerprint density at radius 1 is 1.11 bits per heavy atom. The van der Waals surface area contributed by atoms with E-state index < -0.39 is 0 Å². The van der Waals surface area contributed by atoms with Gasteiger partial charge in [-0.2, -0.15) is 0 Å². The average Bonchev–Trinajstić information content (AvgIpc) is 3.09. The zero-order valence-corrected chi connectivity index (χ0v) is 14.8. The standard InChI is InChI=1S/C23H18O4/c1-25-16-9-6-14(7-10-16)12-15-8-11-21-18(15)13-19-22(26-21)17-4-2-3-5-20(17)27-23(19)24/h2-12,18,21H,13H2,1H3/b15-12+/t18-,21+/m1/s1. The van der Waals surface area contributed by atoms with Crippen LogP contribution in [0.15, 0.2) is 75.5 Å². The van der Waals surface area contributed by atoms with Gasteiger partial charge < -0.3 is 13.9 Å². The minimum Gasteiger partial charge on any atom is -0.497 e. The second kappa shape index (κ2) is 6.16. The first kappa shape index (κ1) is 15.9. The second-order valence-corrected chi connectivity index (χ2v) is 6.86. The predicted molar refractivity (Wildman–Crippen MR) is 104 cm³/mol. The molecule has 0 amide bonds. The number of rotatable bonds is 2. The van der Waals surface area contributed by atoms with Crippen molar-refractivity contribution in [1.82, 2.24) is 0 Å². The molecule has 5 rings (SSSR count). The van der Waals surface area contributed by atoms with Gasteiger partial charge in [0.15, 0.2) is 0 Å². The highest BCUT2D eigenvalue weighted by Gasteiger charge is 2.36. The first-order valence-corrected chi connectivity index (χ1v) is 8.98. The lowest BCUT2D eigenvalue weighted by Crippen LogP contribution is -2.32. The van der Waals surface area contributed by atoms with E-state index in [4.69, 9.17) is 13.9 Å². The number of ether oxygens (including phenoxy) is 2. The molecule has 2 aromatic carbocycles. The van der Waals surface area contributed by atoms with Crippen molar-refractivity contribution < 1.29 is 13.9 Å². The third kappa shape index (κ3) is 2.65. The molecule has 0 unspecified atom stereocenters. The maximum absolute atomic E-state index is 12.5. The zero-order chi connectivity index (χ0) is 18.4. The molecule has 4 nitrogen and oxygen atoms in total. The highest BCUT2D eigenvalue weighted by molar-refractivity contribution is 5.84. The summed E-state index contributed by atoms with van der Waals surface area (Å²) in [6.07, 6.45) is 6.86. The fraction of sp³-hybridized carbons (Fsp3) is 0.174. The highest BCUT2D eigenvalue weighted by atomic mass is 16.5. The summed E-state index contributed by atoms with van der Waals surface area (Å²) in [5.41, 5.74) is 3.13. The fourth-order valence-electron chi connectivity index (χ4n) is 3.88. The monoisotopic (exact) mass is 358 g/mol. The Labute approximate surface area is 156 Å². The maximum atomic E-state index is 12.5. The van der Waals surface area contributed by atoms with Crippen molar-refractivity contribution >= 4 is 17.0 Å². The Bertz CT molecular complexity index is 1140. The lowest BCUT2D eigenvalue weighted by atomic mass is 9.88. The van der Waals surface area contributed by atoms with Crippen molar-refractivity contribution in [2.24, 2.45) is 5.92 Å². The lowest BCUT2D eigenvalue weighted by molar-refractivity contribution is 0.183. The molecule has 0 bridgehead atoms. The molecule has 2 heterocycles. The van der Waals surface area contributed by atoms with Crippen molar-refractivity contribution in [1.29, 1.82) is 0 Å². The molecule has 2 aliphatic rings. The van der Waals surface area contributed by atoms with Gasteiger partial charge in [0.1, 0.15) is 23.2 Å². The van der Waals surface area contributed by atoms with Crippen LogP contribution in [0.25, 0.3) is 17.0 Å². The van der Waals surface area contributed by atoms with E-state index in [-0.39, 0.29) is 17.6 Å². The molecule has 1 aliphatic heterocycles. The highest BCUT2D eigenvalue weighted by Crippen LogP contribution is 2.41. The SMILES string of the molecule is COc1ccc(/C=C2\C=C[C@@H]3Oc4c(c(=O)oc5ccccc45)C[C@H]23)cc1. The van der Waals surface area contributed by atoms with Crippen LogP contribution in [0.3, 0.4) is 0 Å². The first-order chi connectivity index (χ1) is 13.2. The van der Waals surface area contributed by atoms with Crippen LogP contribution in [0.2, 0.25) is 0 Å². The Morgan fingerprint density at radius 2 is 1.93 bits per heavy atom. The van der Waals surface area contributed by atoms with E-state index in [9.17, 15) is 4.79 Å². The number of hydrogen-bond donors (Lipinski definition) is 0. The summed E-state index contributed by atoms with van der Waals surface area (Å²) in [6, 6.07) is 15.4. The topological polar surface area (TPSA) is 48.7 Å². The molecule has 3 aromatic rings. The number of para-hydroxylation sites is 1. The summed E-state index contributed by atoms with van der Waals surface area (Å²) in [5, 5.41) is 0.853. The Kier molecular flexibility index (Phi) is 3.64. The van der Waals surface area contributed by atoms with Gasteiger partial charge in [-0.25, -0.2) is 4.79 Å². The van der Waals surface area contributed by atoms with Crippen molar-refractivity contribution in [2.45, 2.75) is 12.5 Å². The summed E-state index contributed by atoms with van der Waals surface area (Å²) in [6.45, 7) is 0. The quantitative estimate of drug-likeness (QED) is 0.638. The molecule has 1 aromatic heterocycles. The first-order valence-electron chi connectivity index (χ1n) is 8.98. The number of fused-ring (bicyclic) bond motifs is 4. The predicted octanol–water partition coefficient (Wildman–Crippen LogP) is 4.37. The van der Waals surface area contributed by atoms with Crippen LogP contribution in [-0.2, 0) is 6.42 Å². The maximum Gasteiger partial charge on any atom is 0.343 e. The van der Waals surface area contributed by atoms with Gasteiger partial charge in [-0.15, -0.1) is 0 Å². The molecule has 0 radical (unpaired) electrons. The van der Waals surface area contributed by atoms with Gasteiger partial charge in [-0.3, -0.25) is 0 Å². The van der Waals surface area contributed by atoms with Crippen LogP contribution in [0.1, 0.15) is 11.1 Å². The number of allylic oxidation sites excluding steroid dienone is 1. The Hall–Kier alpha value is -3.27. The summed E-state index contributed by atoms with van der Waals surface area (Å²) >= 11 is 0. The van der Waals surface area contributed by atoms with E-state index in [0.29, 0.717) is 23.3 Å². The normalized spacial score (nSPS) is 21.7. The third-order valence-electron chi connectivity index (χ3n) is 5.29. The summed E-state index contributed by atoms with van der Waals surface area (Å²) in [7, 11) is 1.66. The van der Waals surface area contributed by atoms with Gasteiger partial charge in [-0.1, -0.05) is 36.4 Å². The van der Waals surface area contributed by atoms with Crippen LogP contribution in [0.5, 0.6) is 11.5 Å². The largest absolute Gasteiger partial charge is 0.497 e. The van der Waals surface area contributed by atoms with Crippen molar-refractivity contribution in [2.75, 3.05) is 7.11 Å². The summed E-state index contributed by atoms with van der Waals surface area (Å²) in [5.74, 6) is 1.61. The minimum atomic E-state index is -0.308. The summed E-state index contributed by atoms with van der Waals surface area (Å²) < 4.78 is 17.0. The number of hydrogen-bond acceptors (Lipinski definition) is 4. The lowest BCUT2D eigenvalue weighted by Gasteiger charge is -2.29. The zero-order valence-electron chi connectivity index (χ0n) is 14.8. The molecule has 0 saturated carbocycles. The Balaban J connectivity index is 1.53.